The Hall–Kier alpha value is -1.72. The number of thioether (sulfide) groups is 1. The van der Waals surface area contributed by atoms with Crippen molar-refractivity contribution in [2.75, 3.05) is 5.33 Å². The zero-order valence-corrected chi connectivity index (χ0v) is 15.2. The highest BCUT2D eigenvalue weighted by molar-refractivity contribution is 9.09. The summed E-state index contributed by atoms with van der Waals surface area (Å²) in [6.45, 7) is 0. The summed E-state index contributed by atoms with van der Waals surface area (Å²) in [6.07, 6.45) is 7.31. The third-order valence-electron chi connectivity index (χ3n) is 4.31. The van der Waals surface area contributed by atoms with Crippen LogP contribution in [0.25, 0.3) is 0 Å². The first kappa shape index (κ1) is 15.8. The maximum atomic E-state index is 12.7. The number of carbonyl (C=O) groups excluding carboxylic acids is 2. The van der Waals surface area contributed by atoms with Crippen molar-refractivity contribution >= 4 is 50.7 Å². The Morgan fingerprint density at radius 1 is 1.17 bits per heavy atom. The lowest BCUT2D eigenvalue weighted by Gasteiger charge is -2.27. The van der Waals surface area contributed by atoms with Crippen molar-refractivity contribution in [2.24, 2.45) is 10.9 Å². The zero-order valence-electron chi connectivity index (χ0n) is 12.8. The van der Waals surface area contributed by atoms with E-state index >= 15 is 0 Å². The summed E-state index contributed by atoms with van der Waals surface area (Å²) >= 11 is 4.93. The van der Waals surface area contributed by atoms with Gasteiger partial charge in [-0.05, 0) is 37.1 Å². The molecule has 1 heterocycles. The summed E-state index contributed by atoms with van der Waals surface area (Å²) in [6, 6.07) is 7.90. The van der Waals surface area contributed by atoms with E-state index in [0.717, 1.165) is 38.5 Å². The number of benzene rings is 1. The molecule has 0 fully saturated rings. The van der Waals surface area contributed by atoms with Crippen molar-refractivity contribution in [3.63, 3.8) is 0 Å². The second-order valence-corrected chi connectivity index (χ2v) is 7.73. The molecule has 1 unspecified atom stereocenters. The van der Waals surface area contributed by atoms with E-state index in [1.165, 1.54) is 11.8 Å². The van der Waals surface area contributed by atoms with Crippen LogP contribution in [0.15, 0.2) is 68.4 Å². The highest BCUT2D eigenvalue weighted by Crippen LogP contribution is 2.45. The molecule has 1 aliphatic heterocycles. The van der Waals surface area contributed by atoms with Gasteiger partial charge in [-0.1, -0.05) is 45.9 Å². The molecule has 0 aromatic heterocycles. The van der Waals surface area contributed by atoms with E-state index in [1.807, 2.05) is 42.5 Å². The fourth-order valence-electron chi connectivity index (χ4n) is 3.03. The number of para-hydroxylation sites is 1. The third kappa shape index (κ3) is 2.56. The quantitative estimate of drug-likeness (QED) is 0.552. The minimum Gasteiger partial charge on any atom is -0.290 e. The smallest absolute Gasteiger partial charge is 0.231 e. The normalized spacial score (nSPS) is 21.8. The molecule has 0 bridgehead atoms. The Morgan fingerprint density at radius 2 is 2.00 bits per heavy atom. The summed E-state index contributed by atoms with van der Waals surface area (Å²) in [5.41, 5.74) is 3.00. The second kappa shape index (κ2) is 6.30. The molecule has 0 saturated heterocycles. The SMILES string of the molecule is O=C1C(=O)C(CCCBr)C=C2Sc3ccccc3N=C3C=CC3=C12. The van der Waals surface area contributed by atoms with Crippen LogP contribution < -0.4 is 0 Å². The number of rotatable bonds is 3. The number of allylic oxidation sites excluding steroid dienone is 5. The van der Waals surface area contributed by atoms with Crippen LogP contribution in [0, 0.1) is 5.92 Å². The zero-order chi connectivity index (χ0) is 16.7. The number of ketones is 2. The van der Waals surface area contributed by atoms with Crippen LogP contribution >= 0.6 is 27.7 Å². The number of carbonyl (C=O) groups is 2. The van der Waals surface area contributed by atoms with Gasteiger partial charge in [0.25, 0.3) is 0 Å². The largest absolute Gasteiger partial charge is 0.290 e. The Kier molecular flexibility index (Phi) is 4.14. The van der Waals surface area contributed by atoms with Crippen LogP contribution in [-0.4, -0.2) is 22.6 Å². The fraction of sp³-hybridized carbons (Fsp3) is 0.211. The number of alkyl halides is 1. The predicted molar refractivity (Wildman–Crippen MR) is 100 cm³/mol. The predicted octanol–water partition coefficient (Wildman–Crippen LogP) is 4.56. The molecule has 3 nitrogen and oxygen atoms in total. The number of hydrogen-bond acceptors (Lipinski definition) is 4. The monoisotopic (exact) mass is 399 g/mol. The molecule has 0 spiro atoms. The minimum atomic E-state index is -0.369. The van der Waals surface area contributed by atoms with E-state index in [4.69, 9.17) is 0 Å². The molecule has 3 aliphatic rings. The van der Waals surface area contributed by atoms with Gasteiger partial charge in [0.1, 0.15) is 0 Å². The topological polar surface area (TPSA) is 46.5 Å². The first-order valence-corrected chi connectivity index (χ1v) is 9.78. The molecule has 0 amide bonds. The lowest BCUT2D eigenvalue weighted by atomic mass is 9.82. The van der Waals surface area contributed by atoms with E-state index < -0.39 is 0 Å². The van der Waals surface area contributed by atoms with Gasteiger partial charge in [0.2, 0.25) is 11.6 Å². The molecule has 1 aromatic rings. The first-order chi connectivity index (χ1) is 11.7. The van der Waals surface area contributed by atoms with Crippen molar-refractivity contribution < 1.29 is 9.59 Å². The van der Waals surface area contributed by atoms with Crippen molar-refractivity contribution in [3.05, 3.63) is 58.5 Å². The average Bonchev–Trinajstić information content (AvgIpc) is 2.57. The summed E-state index contributed by atoms with van der Waals surface area (Å²) in [5, 5.41) is 0.831. The molecule has 2 aliphatic carbocycles. The van der Waals surface area contributed by atoms with E-state index in [-0.39, 0.29) is 17.5 Å². The van der Waals surface area contributed by atoms with Crippen molar-refractivity contribution in [1.29, 1.82) is 0 Å². The van der Waals surface area contributed by atoms with Crippen molar-refractivity contribution in [2.45, 2.75) is 17.7 Å². The molecule has 4 rings (SSSR count). The molecular weight excluding hydrogens is 386 g/mol. The summed E-state index contributed by atoms with van der Waals surface area (Å²) in [7, 11) is 0. The Bertz CT molecular complexity index is 879. The fourth-order valence-corrected chi connectivity index (χ4v) is 4.49. The Labute approximate surface area is 152 Å². The van der Waals surface area contributed by atoms with Gasteiger partial charge in [0.05, 0.1) is 11.4 Å². The van der Waals surface area contributed by atoms with Gasteiger partial charge in [-0.2, -0.15) is 0 Å². The second-order valence-electron chi connectivity index (χ2n) is 5.85. The van der Waals surface area contributed by atoms with Gasteiger partial charge in [-0.15, -0.1) is 0 Å². The van der Waals surface area contributed by atoms with Gasteiger partial charge in [0.15, 0.2) is 0 Å². The molecule has 120 valence electrons. The lowest BCUT2D eigenvalue weighted by molar-refractivity contribution is -0.136. The minimum absolute atomic E-state index is 0.295. The Balaban J connectivity index is 1.87. The standard InChI is InChI=1S/C19H14BrNO2S/c20-9-3-4-11-10-16-17(19(23)18(11)22)12-7-8-13(12)21-14-5-1-2-6-15(14)24-16/h1-2,5-8,10-11H,3-4,9H2. The van der Waals surface area contributed by atoms with E-state index in [9.17, 15) is 9.59 Å². The molecule has 0 radical (unpaired) electrons. The van der Waals surface area contributed by atoms with Crippen molar-refractivity contribution in [3.8, 4) is 0 Å². The third-order valence-corrected chi connectivity index (χ3v) is 6.00. The summed E-state index contributed by atoms with van der Waals surface area (Å²) in [5.74, 6) is -0.986. The molecule has 1 atom stereocenters. The average molecular weight is 400 g/mol. The lowest BCUT2D eigenvalue weighted by Crippen LogP contribution is -2.31. The molecule has 0 N–H and O–H groups in total. The van der Waals surface area contributed by atoms with Gasteiger partial charge >= 0.3 is 0 Å². The van der Waals surface area contributed by atoms with E-state index in [1.54, 1.807) is 0 Å². The van der Waals surface area contributed by atoms with Crippen molar-refractivity contribution in [1.82, 2.24) is 0 Å². The van der Waals surface area contributed by atoms with Crippen LogP contribution in [0.4, 0.5) is 5.69 Å². The van der Waals surface area contributed by atoms with Crippen LogP contribution in [-0.2, 0) is 9.59 Å². The van der Waals surface area contributed by atoms with Crippen LogP contribution in [0.5, 0.6) is 0 Å². The first-order valence-electron chi connectivity index (χ1n) is 7.84. The number of fused-ring (bicyclic) bond motifs is 3. The maximum absolute atomic E-state index is 12.7. The number of nitrogens with zero attached hydrogens (tertiary/aromatic N) is 1. The Morgan fingerprint density at radius 3 is 2.75 bits per heavy atom. The van der Waals surface area contributed by atoms with Crippen LogP contribution in [0.2, 0.25) is 0 Å². The van der Waals surface area contributed by atoms with Gasteiger partial charge in [-0.25, -0.2) is 4.99 Å². The molecule has 0 saturated carbocycles. The van der Waals surface area contributed by atoms with E-state index in [0.29, 0.717) is 12.0 Å². The van der Waals surface area contributed by atoms with Crippen LogP contribution in [0.1, 0.15) is 12.8 Å². The number of halogens is 1. The van der Waals surface area contributed by atoms with Gasteiger partial charge in [-0.3, -0.25) is 9.59 Å². The molecular formula is C19H14BrNO2S. The molecule has 5 heteroatoms. The maximum Gasteiger partial charge on any atom is 0.231 e. The number of hydrogen-bond donors (Lipinski definition) is 0. The van der Waals surface area contributed by atoms with Crippen LogP contribution in [0.3, 0.4) is 0 Å². The van der Waals surface area contributed by atoms with Gasteiger partial charge in [0, 0.05) is 32.2 Å². The molecule has 1 aromatic carbocycles. The highest BCUT2D eigenvalue weighted by Gasteiger charge is 2.37. The van der Waals surface area contributed by atoms with Gasteiger partial charge < -0.3 is 0 Å². The highest BCUT2D eigenvalue weighted by atomic mass is 79.9. The van der Waals surface area contributed by atoms with E-state index in [2.05, 4.69) is 20.9 Å². The number of aliphatic imine (C=N–C) groups is 1. The molecule has 24 heavy (non-hydrogen) atoms. The summed E-state index contributed by atoms with van der Waals surface area (Å²) < 4.78 is 0. The summed E-state index contributed by atoms with van der Waals surface area (Å²) in [4.78, 5) is 31.8. The number of Topliss-reactive ketones (excluding diaryl/α,β-unsaturated/α-hetero) is 2.